The second-order valence-electron chi connectivity index (χ2n) is 11.4. The molecule has 0 atom stereocenters. The van der Waals surface area contributed by atoms with Crippen LogP contribution in [0.25, 0.3) is 22.2 Å². The number of nitriles is 1. The zero-order chi connectivity index (χ0) is 27.1. The highest BCUT2D eigenvalue weighted by atomic mass is 16.6. The first-order chi connectivity index (χ1) is 19.6. The van der Waals surface area contributed by atoms with E-state index in [4.69, 9.17) is 15.2 Å². The van der Waals surface area contributed by atoms with Crippen LogP contribution in [0.4, 0.5) is 11.6 Å². The van der Waals surface area contributed by atoms with Crippen LogP contribution in [0.5, 0.6) is 5.75 Å². The van der Waals surface area contributed by atoms with E-state index in [1.165, 1.54) is 0 Å². The Morgan fingerprint density at radius 2 is 1.93 bits per heavy atom. The van der Waals surface area contributed by atoms with Crippen molar-refractivity contribution in [3.05, 3.63) is 60.7 Å². The van der Waals surface area contributed by atoms with Crippen molar-refractivity contribution in [3.63, 3.8) is 0 Å². The highest BCUT2D eigenvalue weighted by Gasteiger charge is 2.46. The molecule has 4 aromatic rings. The number of nitrogens with one attached hydrogen (secondary N) is 1. The van der Waals surface area contributed by atoms with Gasteiger partial charge in [0.2, 0.25) is 0 Å². The second kappa shape index (κ2) is 10.1. The number of aromatic nitrogens is 4. The Morgan fingerprint density at radius 3 is 2.70 bits per heavy atom. The molecule has 3 aromatic heterocycles. The molecule has 7 rings (SSSR count). The number of nitrogens with two attached hydrogens (primary N) is 1. The Kier molecular flexibility index (Phi) is 6.28. The zero-order valence-electron chi connectivity index (χ0n) is 22.4. The predicted octanol–water partition coefficient (Wildman–Crippen LogP) is 5.63. The lowest BCUT2D eigenvalue weighted by atomic mass is 9.89. The van der Waals surface area contributed by atoms with Gasteiger partial charge in [0.25, 0.3) is 0 Å². The fourth-order valence-corrected chi connectivity index (χ4v) is 6.75. The lowest BCUT2D eigenvalue weighted by Gasteiger charge is -2.30. The molecule has 0 amide bonds. The lowest BCUT2D eigenvalue weighted by Crippen LogP contribution is -2.32. The van der Waals surface area contributed by atoms with Gasteiger partial charge in [0.1, 0.15) is 41.6 Å². The average Bonchev–Trinajstić information content (AvgIpc) is 3.71. The molecule has 1 saturated carbocycles. The van der Waals surface area contributed by atoms with E-state index in [-0.39, 0.29) is 5.60 Å². The van der Waals surface area contributed by atoms with Crippen molar-refractivity contribution in [2.45, 2.75) is 75.2 Å². The molecule has 0 unspecified atom stereocenters. The molecule has 0 spiro atoms. The van der Waals surface area contributed by atoms with Gasteiger partial charge in [-0.2, -0.15) is 5.26 Å². The van der Waals surface area contributed by atoms with Crippen LogP contribution in [0.15, 0.2) is 55.1 Å². The fraction of sp³-hybridized carbons (Fsp3) is 0.419. The molecule has 3 aliphatic rings. The molecule has 1 aliphatic carbocycles. The van der Waals surface area contributed by atoms with Crippen LogP contribution >= 0.6 is 0 Å². The number of nitrogen functional groups attached to an aromatic ring is 1. The van der Waals surface area contributed by atoms with E-state index < -0.39 is 0 Å². The summed E-state index contributed by atoms with van der Waals surface area (Å²) in [4.78, 5) is 13.4. The van der Waals surface area contributed by atoms with Crippen molar-refractivity contribution < 1.29 is 9.47 Å². The Morgan fingerprint density at radius 1 is 1.07 bits per heavy atom. The van der Waals surface area contributed by atoms with Crippen LogP contribution in [0.1, 0.15) is 63.0 Å². The number of pyridine rings is 1. The van der Waals surface area contributed by atoms with Gasteiger partial charge in [-0.3, -0.25) is 0 Å². The number of rotatable bonds is 7. The molecule has 5 heterocycles. The third kappa shape index (κ3) is 4.62. The zero-order valence-corrected chi connectivity index (χ0v) is 22.4. The Labute approximate surface area is 233 Å². The van der Waals surface area contributed by atoms with E-state index in [0.717, 1.165) is 85.1 Å². The third-order valence-corrected chi connectivity index (χ3v) is 8.88. The van der Waals surface area contributed by atoms with Crippen LogP contribution in [-0.4, -0.2) is 43.9 Å². The minimum Gasteiger partial charge on any atom is -0.491 e. The first-order valence-corrected chi connectivity index (χ1v) is 14.2. The molecule has 3 N–H and O–H groups in total. The average molecular weight is 536 g/mol. The van der Waals surface area contributed by atoms with Crippen LogP contribution in [-0.2, 0) is 4.74 Å². The topological polar surface area (TPSA) is 124 Å². The highest BCUT2D eigenvalue weighted by molar-refractivity contribution is 6.00. The molecule has 9 heteroatoms. The summed E-state index contributed by atoms with van der Waals surface area (Å²) in [6.45, 7) is 0.591. The molecule has 2 aliphatic heterocycles. The number of ether oxygens (including phenoxy) is 2. The molecule has 1 aromatic carbocycles. The van der Waals surface area contributed by atoms with Crippen LogP contribution in [0.2, 0.25) is 0 Å². The number of fused-ring (bicyclic) bond motifs is 3. The van der Waals surface area contributed by atoms with Gasteiger partial charge >= 0.3 is 0 Å². The monoisotopic (exact) mass is 535 g/mol. The molecule has 9 nitrogen and oxygen atoms in total. The Balaban J connectivity index is 1.11. The minimum atomic E-state index is -0.114. The summed E-state index contributed by atoms with van der Waals surface area (Å²) < 4.78 is 14.8. The SMILES string of the molecule is N#Cc1ccnc(NC2CCC(n3cc(-c4cccc(OCC56CCC(CC5)O6)c4)c4c(N)ncnc43)CC2)c1. The van der Waals surface area contributed by atoms with Gasteiger partial charge in [-0.15, -0.1) is 0 Å². The van der Waals surface area contributed by atoms with Gasteiger partial charge in [-0.05, 0) is 81.2 Å². The number of hydrogen-bond acceptors (Lipinski definition) is 8. The largest absolute Gasteiger partial charge is 0.491 e. The number of hydrogen-bond donors (Lipinski definition) is 2. The predicted molar refractivity (Wildman–Crippen MR) is 153 cm³/mol. The third-order valence-electron chi connectivity index (χ3n) is 8.88. The van der Waals surface area contributed by atoms with E-state index in [9.17, 15) is 5.26 Å². The summed E-state index contributed by atoms with van der Waals surface area (Å²) in [5.41, 5.74) is 9.86. The van der Waals surface area contributed by atoms with Crippen molar-refractivity contribution in [3.8, 4) is 22.9 Å². The molecule has 2 saturated heterocycles. The van der Waals surface area contributed by atoms with E-state index in [2.05, 4.69) is 49.2 Å². The van der Waals surface area contributed by atoms with E-state index in [0.29, 0.717) is 36.2 Å². The molecule has 3 fully saturated rings. The summed E-state index contributed by atoms with van der Waals surface area (Å²) >= 11 is 0. The molecule has 2 bridgehead atoms. The summed E-state index contributed by atoms with van der Waals surface area (Å²) in [5, 5.41) is 13.6. The maximum atomic E-state index is 9.19. The highest BCUT2D eigenvalue weighted by Crippen LogP contribution is 2.44. The number of benzene rings is 1. The van der Waals surface area contributed by atoms with Gasteiger partial charge in [-0.1, -0.05) is 12.1 Å². The first-order valence-electron chi connectivity index (χ1n) is 14.2. The summed E-state index contributed by atoms with van der Waals surface area (Å²) in [6.07, 6.45) is 14.3. The number of nitrogens with zero attached hydrogens (tertiary/aromatic N) is 5. The van der Waals surface area contributed by atoms with E-state index >= 15 is 0 Å². The Bertz CT molecular complexity index is 1580. The van der Waals surface area contributed by atoms with E-state index in [1.807, 2.05) is 12.1 Å². The second-order valence-corrected chi connectivity index (χ2v) is 11.4. The van der Waals surface area contributed by atoms with Gasteiger partial charge in [0, 0.05) is 30.0 Å². The summed E-state index contributed by atoms with van der Waals surface area (Å²) in [5.74, 6) is 2.08. The van der Waals surface area contributed by atoms with Crippen molar-refractivity contribution in [2.24, 2.45) is 0 Å². The van der Waals surface area contributed by atoms with Gasteiger partial charge < -0.3 is 25.1 Å². The van der Waals surface area contributed by atoms with Crippen LogP contribution in [0, 0.1) is 11.3 Å². The van der Waals surface area contributed by atoms with Crippen molar-refractivity contribution in [2.75, 3.05) is 17.7 Å². The van der Waals surface area contributed by atoms with Crippen molar-refractivity contribution >= 4 is 22.7 Å². The minimum absolute atomic E-state index is 0.114. The van der Waals surface area contributed by atoms with Crippen molar-refractivity contribution in [1.82, 2.24) is 19.5 Å². The normalized spacial score (nSPS) is 25.6. The standard InChI is InChI=1S/C31H33N7O2/c32-16-20-10-13-34-27(14-20)37-22-4-6-23(7-5-22)38-17-26(28-29(33)35-19-36-30(28)38)21-2-1-3-25(15-21)39-18-31-11-8-24(40-31)9-12-31/h1-3,10,13-15,17,19,22-24H,4-9,11-12,18H2,(H,34,37)(H2,33,35,36). The van der Waals surface area contributed by atoms with Gasteiger partial charge in [0.05, 0.1) is 23.1 Å². The molecule has 0 radical (unpaired) electrons. The molecular formula is C31H33N7O2. The Hall–Kier alpha value is -4.16. The number of anilines is 2. The summed E-state index contributed by atoms with van der Waals surface area (Å²) in [7, 11) is 0. The molecule has 204 valence electrons. The smallest absolute Gasteiger partial charge is 0.146 e. The maximum Gasteiger partial charge on any atom is 0.146 e. The summed E-state index contributed by atoms with van der Waals surface area (Å²) in [6, 6.07) is 14.5. The van der Waals surface area contributed by atoms with Crippen molar-refractivity contribution in [1.29, 1.82) is 5.26 Å². The fourth-order valence-electron chi connectivity index (χ4n) is 6.75. The molecule has 40 heavy (non-hydrogen) atoms. The van der Waals surface area contributed by atoms with E-state index in [1.54, 1.807) is 24.7 Å². The van der Waals surface area contributed by atoms with Crippen LogP contribution < -0.4 is 15.8 Å². The molecular weight excluding hydrogens is 502 g/mol. The van der Waals surface area contributed by atoms with Gasteiger partial charge in [0.15, 0.2) is 0 Å². The maximum absolute atomic E-state index is 9.19. The quantitative estimate of drug-likeness (QED) is 0.312. The first kappa shape index (κ1) is 24.9. The lowest BCUT2D eigenvalue weighted by molar-refractivity contribution is -0.0198. The van der Waals surface area contributed by atoms with Crippen LogP contribution in [0.3, 0.4) is 0 Å². The van der Waals surface area contributed by atoms with Gasteiger partial charge in [-0.25, -0.2) is 15.0 Å².